The van der Waals surface area contributed by atoms with Crippen molar-refractivity contribution in [2.45, 2.75) is 19.9 Å². The minimum atomic E-state index is 0.361. The lowest BCUT2D eigenvalue weighted by atomic mass is 10.3. The minimum Gasteiger partial charge on any atom is -0.494 e. The average Bonchev–Trinajstić information content (AvgIpc) is 2.60. The van der Waals surface area contributed by atoms with Crippen molar-refractivity contribution in [1.82, 2.24) is 14.5 Å². The molecule has 0 unspecified atom stereocenters. The van der Waals surface area contributed by atoms with Crippen LogP contribution >= 0.6 is 0 Å². The predicted molar refractivity (Wildman–Crippen MR) is 54.5 cm³/mol. The zero-order chi connectivity index (χ0) is 10.1. The summed E-state index contributed by atoms with van der Waals surface area (Å²) in [5.74, 6) is 0.773. The van der Waals surface area contributed by atoms with Gasteiger partial charge in [-0.05, 0) is 13.8 Å². The molecular formula is C10H13N3O. The number of nitrogens with zero attached hydrogens (tertiary/aromatic N) is 3. The average molecular weight is 191 g/mol. The van der Waals surface area contributed by atoms with E-state index in [2.05, 4.69) is 23.8 Å². The van der Waals surface area contributed by atoms with E-state index in [0.29, 0.717) is 6.04 Å². The number of ether oxygens (including phenoxy) is 1. The summed E-state index contributed by atoms with van der Waals surface area (Å²) in [5.41, 5.74) is 1.70. The highest BCUT2D eigenvalue weighted by molar-refractivity contribution is 5.77. The van der Waals surface area contributed by atoms with Gasteiger partial charge in [0, 0.05) is 18.3 Å². The van der Waals surface area contributed by atoms with Gasteiger partial charge in [-0.2, -0.15) is 0 Å². The molecule has 0 aliphatic carbocycles. The molecule has 2 aromatic heterocycles. The number of hydrogen-bond donors (Lipinski definition) is 0. The molecule has 0 saturated heterocycles. The molecule has 0 radical (unpaired) electrons. The first-order valence-electron chi connectivity index (χ1n) is 4.59. The molecule has 4 nitrogen and oxygen atoms in total. The molecule has 74 valence electrons. The molecule has 2 aromatic rings. The number of aromatic nitrogens is 3. The van der Waals surface area contributed by atoms with Crippen LogP contribution in [0.3, 0.4) is 0 Å². The van der Waals surface area contributed by atoms with Crippen molar-refractivity contribution in [3.05, 3.63) is 18.6 Å². The third-order valence-electron chi connectivity index (χ3n) is 2.20. The largest absolute Gasteiger partial charge is 0.494 e. The van der Waals surface area contributed by atoms with E-state index in [-0.39, 0.29) is 0 Å². The molecule has 0 aliphatic heterocycles. The second-order valence-electron chi connectivity index (χ2n) is 3.43. The highest BCUT2D eigenvalue weighted by Gasteiger charge is 2.09. The van der Waals surface area contributed by atoms with Crippen molar-refractivity contribution in [1.29, 1.82) is 0 Å². The first-order chi connectivity index (χ1) is 6.74. The fourth-order valence-electron chi connectivity index (χ4n) is 1.45. The Bertz CT molecular complexity index is 448. The summed E-state index contributed by atoms with van der Waals surface area (Å²) >= 11 is 0. The summed E-state index contributed by atoms with van der Waals surface area (Å²) in [6.45, 7) is 4.20. The lowest BCUT2D eigenvalue weighted by Gasteiger charge is -2.06. The summed E-state index contributed by atoms with van der Waals surface area (Å²) in [6.07, 6.45) is 3.53. The van der Waals surface area contributed by atoms with Gasteiger partial charge in [-0.1, -0.05) is 0 Å². The first kappa shape index (κ1) is 8.99. The lowest BCUT2D eigenvalue weighted by Crippen LogP contribution is -1.99. The molecule has 2 heterocycles. The van der Waals surface area contributed by atoms with Crippen molar-refractivity contribution in [2.75, 3.05) is 7.11 Å². The predicted octanol–water partition coefficient (Wildman–Crippen LogP) is 2.02. The van der Waals surface area contributed by atoms with Gasteiger partial charge in [0.1, 0.15) is 11.3 Å². The van der Waals surface area contributed by atoms with Crippen LogP contribution < -0.4 is 4.74 Å². The SMILES string of the molecule is COc1ccnc2c1ncn2C(C)C. The fourth-order valence-corrected chi connectivity index (χ4v) is 1.45. The Hall–Kier alpha value is -1.58. The molecule has 14 heavy (non-hydrogen) atoms. The summed E-state index contributed by atoms with van der Waals surface area (Å²) < 4.78 is 7.23. The molecule has 0 aromatic carbocycles. The second kappa shape index (κ2) is 3.29. The maximum Gasteiger partial charge on any atom is 0.163 e. The lowest BCUT2D eigenvalue weighted by molar-refractivity contribution is 0.418. The standard InChI is InChI=1S/C10H13N3O/c1-7(2)13-6-12-9-8(14-3)4-5-11-10(9)13/h4-7H,1-3H3. The minimum absolute atomic E-state index is 0.361. The Morgan fingerprint density at radius 3 is 2.79 bits per heavy atom. The zero-order valence-corrected chi connectivity index (χ0v) is 8.56. The van der Waals surface area contributed by atoms with Crippen LogP contribution in [0.15, 0.2) is 18.6 Å². The highest BCUT2D eigenvalue weighted by atomic mass is 16.5. The first-order valence-corrected chi connectivity index (χ1v) is 4.59. The van der Waals surface area contributed by atoms with Crippen LogP contribution in [0.4, 0.5) is 0 Å². The molecule has 2 rings (SSSR count). The summed E-state index contributed by atoms with van der Waals surface area (Å²) in [7, 11) is 1.64. The number of rotatable bonds is 2. The summed E-state index contributed by atoms with van der Waals surface area (Å²) in [6, 6.07) is 2.18. The van der Waals surface area contributed by atoms with Crippen molar-refractivity contribution in [3.63, 3.8) is 0 Å². The Morgan fingerprint density at radius 2 is 2.14 bits per heavy atom. The van der Waals surface area contributed by atoms with Crippen molar-refractivity contribution < 1.29 is 4.74 Å². The van der Waals surface area contributed by atoms with Crippen LogP contribution in [0, 0.1) is 0 Å². The molecule has 0 amide bonds. The summed E-state index contributed by atoms with van der Waals surface area (Å²) in [5, 5.41) is 0. The van der Waals surface area contributed by atoms with Gasteiger partial charge in [-0.3, -0.25) is 0 Å². The van der Waals surface area contributed by atoms with Crippen LogP contribution in [-0.4, -0.2) is 21.6 Å². The van der Waals surface area contributed by atoms with E-state index >= 15 is 0 Å². The van der Waals surface area contributed by atoms with E-state index < -0.39 is 0 Å². The number of pyridine rings is 1. The van der Waals surface area contributed by atoms with Crippen LogP contribution in [0.5, 0.6) is 5.75 Å². The third kappa shape index (κ3) is 1.23. The molecule has 0 fully saturated rings. The quantitative estimate of drug-likeness (QED) is 0.729. The van der Waals surface area contributed by atoms with Gasteiger partial charge in [-0.25, -0.2) is 9.97 Å². The van der Waals surface area contributed by atoms with Crippen molar-refractivity contribution in [2.24, 2.45) is 0 Å². The fraction of sp³-hybridized carbons (Fsp3) is 0.400. The van der Waals surface area contributed by atoms with E-state index in [9.17, 15) is 0 Å². The zero-order valence-electron chi connectivity index (χ0n) is 8.56. The Morgan fingerprint density at radius 1 is 1.36 bits per heavy atom. The number of imidazole rings is 1. The van der Waals surface area contributed by atoms with E-state index in [1.165, 1.54) is 0 Å². The number of methoxy groups -OCH3 is 1. The molecular weight excluding hydrogens is 178 g/mol. The highest BCUT2D eigenvalue weighted by Crippen LogP contribution is 2.23. The molecule has 0 saturated carbocycles. The Labute approximate surface area is 82.5 Å². The van der Waals surface area contributed by atoms with Gasteiger partial charge >= 0.3 is 0 Å². The van der Waals surface area contributed by atoms with E-state index in [0.717, 1.165) is 16.9 Å². The van der Waals surface area contributed by atoms with Crippen molar-refractivity contribution >= 4 is 11.2 Å². The topological polar surface area (TPSA) is 39.9 Å². The maximum absolute atomic E-state index is 5.20. The van der Waals surface area contributed by atoms with E-state index in [4.69, 9.17) is 4.74 Å². The Kier molecular flexibility index (Phi) is 2.11. The van der Waals surface area contributed by atoms with Gasteiger partial charge in [0.2, 0.25) is 0 Å². The van der Waals surface area contributed by atoms with Crippen LogP contribution in [-0.2, 0) is 0 Å². The van der Waals surface area contributed by atoms with E-state index in [1.54, 1.807) is 19.6 Å². The molecule has 0 atom stereocenters. The molecule has 0 spiro atoms. The Balaban J connectivity index is 2.69. The maximum atomic E-state index is 5.20. The van der Waals surface area contributed by atoms with Crippen LogP contribution in [0.25, 0.3) is 11.2 Å². The van der Waals surface area contributed by atoms with Gasteiger partial charge in [0.15, 0.2) is 5.65 Å². The number of fused-ring (bicyclic) bond motifs is 1. The van der Waals surface area contributed by atoms with E-state index in [1.807, 2.05) is 10.6 Å². The smallest absolute Gasteiger partial charge is 0.163 e. The van der Waals surface area contributed by atoms with Gasteiger partial charge in [0.25, 0.3) is 0 Å². The number of hydrogen-bond acceptors (Lipinski definition) is 3. The van der Waals surface area contributed by atoms with Crippen LogP contribution in [0.1, 0.15) is 19.9 Å². The molecule has 4 heteroatoms. The third-order valence-corrected chi connectivity index (χ3v) is 2.20. The second-order valence-corrected chi connectivity index (χ2v) is 3.43. The van der Waals surface area contributed by atoms with Crippen molar-refractivity contribution in [3.8, 4) is 5.75 Å². The molecule has 0 bridgehead atoms. The van der Waals surface area contributed by atoms with Gasteiger partial charge < -0.3 is 9.30 Å². The van der Waals surface area contributed by atoms with Gasteiger partial charge in [-0.15, -0.1) is 0 Å². The normalized spacial score (nSPS) is 11.1. The summed E-state index contributed by atoms with van der Waals surface area (Å²) in [4.78, 5) is 8.58. The van der Waals surface area contributed by atoms with Crippen LogP contribution in [0.2, 0.25) is 0 Å². The monoisotopic (exact) mass is 191 g/mol. The molecule has 0 N–H and O–H groups in total. The van der Waals surface area contributed by atoms with Gasteiger partial charge in [0.05, 0.1) is 13.4 Å². The molecule has 0 aliphatic rings.